The molecule has 26 heavy (non-hydrogen) atoms. The van der Waals surface area contributed by atoms with Crippen LogP contribution < -0.4 is 9.47 Å². The van der Waals surface area contributed by atoms with Crippen molar-refractivity contribution in [3.8, 4) is 11.5 Å². The number of carbonyl (C=O) groups excluding carboxylic acids is 1. The van der Waals surface area contributed by atoms with Crippen LogP contribution in [-0.4, -0.2) is 50.1 Å². The second-order valence-electron chi connectivity index (χ2n) is 6.42. The number of benzene rings is 1. The standard InChI is InChI=1S/C17H23N5O3S/c1-4-21(9-13-5-6-14-15(7-13)25-11-24-14)16(23)10-26-17-18-19-20-22(17)8-12(2)3/h5-7,12H,4,8-11H2,1-3H3. The molecule has 140 valence electrons. The van der Waals surface area contributed by atoms with Gasteiger partial charge in [0.2, 0.25) is 17.9 Å². The minimum Gasteiger partial charge on any atom is -0.454 e. The first-order chi connectivity index (χ1) is 12.6. The van der Waals surface area contributed by atoms with Crippen molar-refractivity contribution in [3.05, 3.63) is 23.8 Å². The van der Waals surface area contributed by atoms with E-state index >= 15 is 0 Å². The fraction of sp³-hybridized carbons (Fsp3) is 0.529. The van der Waals surface area contributed by atoms with Gasteiger partial charge in [-0.15, -0.1) is 5.10 Å². The first-order valence-corrected chi connectivity index (χ1v) is 9.60. The molecule has 1 aromatic heterocycles. The van der Waals surface area contributed by atoms with Gasteiger partial charge in [-0.2, -0.15) is 0 Å². The van der Waals surface area contributed by atoms with Crippen molar-refractivity contribution in [3.63, 3.8) is 0 Å². The maximum atomic E-state index is 12.6. The third-order valence-electron chi connectivity index (χ3n) is 3.91. The number of hydrogen-bond acceptors (Lipinski definition) is 7. The minimum absolute atomic E-state index is 0.0502. The van der Waals surface area contributed by atoms with Crippen LogP contribution in [0, 0.1) is 5.92 Å². The van der Waals surface area contributed by atoms with Gasteiger partial charge in [-0.05, 0) is 41.0 Å². The molecule has 0 unspecified atom stereocenters. The second-order valence-corrected chi connectivity index (χ2v) is 7.36. The molecule has 1 aliphatic heterocycles. The summed E-state index contributed by atoms with van der Waals surface area (Å²) in [6.45, 7) is 8.32. The summed E-state index contributed by atoms with van der Waals surface area (Å²) in [5, 5.41) is 12.4. The molecule has 3 rings (SSSR count). The van der Waals surface area contributed by atoms with Gasteiger partial charge in [-0.25, -0.2) is 4.68 Å². The smallest absolute Gasteiger partial charge is 0.233 e. The van der Waals surface area contributed by atoms with Gasteiger partial charge in [0.05, 0.1) is 5.75 Å². The first-order valence-electron chi connectivity index (χ1n) is 8.62. The van der Waals surface area contributed by atoms with Crippen molar-refractivity contribution in [2.24, 2.45) is 5.92 Å². The zero-order valence-electron chi connectivity index (χ0n) is 15.2. The summed E-state index contributed by atoms with van der Waals surface area (Å²) in [5.74, 6) is 2.27. The van der Waals surface area contributed by atoms with Crippen LogP contribution in [0.2, 0.25) is 0 Å². The van der Waals surface area contributed by atoms with Gasteiger partial charge in [0.1, 0.15) is 0 Å². The van der Waals surface area contributed by atoms with Crippen molar-refractivity contribution in [2.75, 3.05) is 19.1 Å². The lowest BCUT2D eigenvalue weighted by Crippen LogP contribution is -2.31. The maximum absolute atomic E-state index is 12.6. The largest absolute Gasteiger partial charge is 0.454 e. The summed E-state index contributed by atoms with van der Waals surface area (Å²) < 4.78 is 12.5. The predicted octanol–water partition coefficient (Wildman–Crippen LogP) is 2.20. The van der Waals surface area contributed by atoms with E-state index in [1.165, 1.54) is 11.8 Å². The minimum atomic E-state index is 0.0502. The number of carbonyl (C=O) groups is 1. The van der Waals surface area contributed by atoms with Crippen LogP contribution in [-0.2, 0) is 17.9 Å². The van der Waals surface area contributed by atoms with Gasteiger partial charge >= 0.3 is 0 Å². The number of tetrazole rings is 1. The highest BCUT2D eigenvalue weighted by Gasteiger charge is 2.18. The molecule has 2 aromatic rings. The summed E-state index contributed by atoms with van der Waals surface area (Å²) in [5.41, 5.74) is 1.01. The molecule has 1 amide bonds. The van der Waals surface area contributed by atoms with Crippen LogP contribution in [0.25, 0.3) is 0 Å². The molecular formula is C17H23N5O3S. The molecule has 0 N–H and O–H groups in total. The van der Waals surface area contributed by atoms with Gasteiger partial charge < -0.3 is 14.4 Å². The van der Waals surface area contributed by atoms with Crippen molar-refractivity contribution in [1.29, 1.82) is 0 Å². The summed E-state index contributed by atoms with van der Waals surface area (Å²) in [6.07, 6.45) is 0. The van der Waals surface area contributed by atoms with Crippen molar-refractivity contribution in [1.82, 2.24) is 25.1 Å². The van der Waals surface area contributed by atoms with E-state index in [0.717, 1.165) is 23.6 Å². The van der Waals surface area contributed by atoms with E-state index in [1.54, 1.807) is 9.58 Å². The van der Waals surface area contributed by atoms with Gasteiger partial charge in [-0.1, -0.05) is 31.7 Å². The molecule has 0 bridgehead atoms. The monoisotopic (exact) mass is 377 g/mol. The van der Waals surface area contributed by atoms with Crippen LogP contribution in [0.5, 0.6) is 11.5 Å². The summed E-state index contributed by atoms with van der Waals surface area (Å²) in [4.78, 5) is 14.4. The quantitative estimate of drug-likeness (QED) is 0.652. The van der Waals surface area contributed by atoms with E-state index in [9.17, 15) is 4.79 Å². The Labute approximate surface area is 156 Å². The Morgan fingerprint density at radius 1 is 1.35 bits per heavy atom. The number of amides is 1. The zero-order chi connectivity index (χ0) is 18.5. The third-order valence-corrected chi connectivity index (χ3v) is 4.85. The van der Waals surface area contributed by atoms with E-state index in [0.29, 0.717) is 29.9 Å². The molecule has 9 heteroatoms. The molecule has 0 saturated heterocycles. The summed E-state index contributed by atoms with van der Waals surface area (Å²) in [6, 6.07) is 5.76. The highest BCUT2D eigenvalue weighted by molar-refractivity contribution is 7.99. The van der Waals surface area contributed by atoms with E-state index in [1.807, 2.05) is 25.1 Å². The Bertz CT molecular complexity index is 765. The molecule has 0 atom stereocenters. The average molecular weight is 377 g/mol. The van der Waals surface area contributed by atoms with E-state index in [4.69, 9.17) is 9.47 Å². The molecule has 1 aromatic carbocycles. The predicted molar refractivity (Wildman–Crippen MR) is 97.0 cm³/mol. The van der Waals surface area contributed by atoms with Crippen LogP contribution >= 0.6 is 11.8 Å². The van der Waals surface area contributed by atoms with Crippen molar-refractivity contribution >= 4 is 17.7 Å². The molecule has 0 saturated carbocycles. The van der Waals surface area contributed by atoms with Crippen LogP contribution in [0.3, 0.4) is 0 Å². The highest BCUT2D eigenvalue weighted by atomic mass is 32.2. The molecule has 1 aliphatic rings. The van der Waals surface area contributed by atoms with E-state index < -0.39 is 0 Å². The van der Waals surface area contributed by atoms with Crippen LogP contribution in [0.4, 0.5) is 0 Å². The van der Waals surface area contributed by atoms with Crippen molar-refractivity contribution < 1.29 is 14.3 Å². The fourth-order valence-corrected chi connectivity index (χ4v) is 3.40. The molecule has 0 aliphatic carbocycles. The fourth-order valence-electron chi connectivity index (χ4n) is 2.61. The lowest BCUT2D eigenvalue weighted by Gasteiger charge is -2.21. The third kappa shape index (κ3) is 4.46. The lowest BCUT2D eigenvalue weighted by atomic mass is 10.2. The number of rotatable bonds is 8. The van der Waals surface area contributed by atoms with Crippen LogP contribution in [0.1, 0.15) is 26.3 Å². The number of hydrogen-bond donors (Lipinski definition) is 0. The van der Waals surface area contributed by atoms with Crippen molar-refractivity contribution in [2.45, 2.75) is 39.0 Å². The van der Waals surface area contributed by atoms with Gasteiger partial charge in [0.25, 0.3) is 0 Å². The number of fused-ring (bicyclic) bond motifs is 1. The lowest BCUT2D eigenvalue weighted by molar-refractivity contribution is -0.128. The first kappa shape index (κ1) is 18.5. The molecule has 0 fully saturated rings. The average Bonchev–Trinajstić information content (AvgIpc) is 3.25. The topological polar surface area (TPSA) is 82.4 Å². The Balaban J connectivity index is 1.58. The summed E-state index contributed by atoms with van der Waals surface area (Å²) in [7, 11) is 0. The maximum Gasteiger partial charge on any atom is 0.233 e. The SMILES string of the molecule is CCN(Cc1ccc2c(c1)OCO2)C(=O)CSc1nnnn1CC(C)C. The molecule has 8 nitrogen and oxygen atoms in total. The van der Waals surface area contributed by atoms with E-state index in [-0.39, 0.29) is 12.7 Å². The number of ether oxygens (including phenoxy) is 2. The van der Waals surface area contributed by atoms with Gasteiger partial charge in [0.15, 0.2) is 11.5 Å². The number of nitrogens with zero attached hydrogens (tertiary/aromatic N) is 5. The number of aromatic nitrogens is 4. The van der Waals surface area contributed by atoms with Gasteiger partial charge in [0, 0.05) is 19.6 Å². The molecule has 2 heterocycles. The molecular weight excluding hydrogens is 354 g/mol. The molecule has 0 spiro atoms. The normalized spacial score (nSPS) is 12.6. The summed E-state index contributed by atoms with van der Waals surface area (Å²) >= 11 is 1.37. The number of thioether (sulfide) groups is 1. The van der Waals surface area contributed by atoms with E-state index in [2.05, 4.69) is 29.4 Å². The zero-order valence-corrected chi connectivity index (χ0v) is 16.0. The Morgan fingerprint density at radius 3 is 2.92 bits per heavy atom. The second kappa shape index (κ2) is 8.39. The Hall–Kier alpha value is -2.29. The molecule has 0 radical (unpaired) electrons. The Morgan fingerprint density at radius 2 is 2.15 bits per heavy atom. The van der Waals surface area contributed by atoms with Crippen LogP contribution in [0.15, 0.2) is 23.4 Å². The van der Waals surface area contributed by atoms with Gasteiger partial charge in [-0.3, -0.25) is 4.79 Å². The Kier molecular flexibility index (Phi) is 5.97. The highest BCUT2D eigenvalue weighted by Crippen LogP contribution is 2.32.